The van der Waals surface area contributed by atoms with Gasteiger partial charge in [0.2, 0.25) is 6.79 Å². The molecule has 3 aliphatic heterocycles. The Bertz CT molecular complexity index is 1150. The van der Waals surface area contributed by atoms with Gasteiger partial charge >= 0.3 is 6.03 Å². The SMILES string of the molecule is Cc1cc(N2CCOCC2)ccc1C=C1C(=O)NC(=O)N(c2ccc3c(c2)OCO3)C1=O. The molecule has 2 aromatic rings. The fourth-order valence-corrected chi connectivity index (χ4v) is 3.91. The molecule has 0 bridgehead atoms. The van der Waals surface area contributed by atoms with E-state index in [4.69, 9.17) is 14.2 Å². The number of hydrogen-bond acceptors (Lipinski definition) is 7. The lowest BCUT2D eigenvalue weighted by atomic mass is 10.0. The summed E-state index contributed by atoms with van der Waals surface area (Å²) in [5, 5.41) is 2.24. The molecule has 4 amide bonds. The molecule has 9 nitrogen and oxygen atoms in total. The Hall–Kier alpha value is -3.85. The number of nitrogens with one attached hydrogen (secondary N) is 1. The molecule has 0 spiro atoms. The van der Waals surface area contributed by atoms with Crippen LogP contribution in [0, 0.1) is 6.92 Å². The minimum Gasteiger partial charge on any atom is -0.454 e. The highest BCUT2D eigenvalue weighted by Gasteiger charge is 2.37. The number of anilines is 2. The second-order valence-corrected chi connectivity index (χ2v) is 7.64. The van der Waals surface area contributed by atoms with Crippen molar-refractivity contribution < 1.29 is 28.6 Å². The lowest BCUT2D eigenvalue weighted by molar-refractivity contribution is -0.122. The largest absolute Gasteiger partial charge is 0.454 e. The van der Waals surface area contributed by atoms with Gasteiger partial charge in [0.25, 0.3) is 11.8 Å². The van der Waals surface area contributed by atoms with Crippen LogP contribution in [0.25, 0.3) is 6.08 Å². The number of benzene rings is 2. The van der Waals surface area contributed by atoms with Crippen LogP contribution in [0.4, 0.5) is 16.2 Å². The van der Waals surface area contributed by atoms with Gasteiger partial charge in [0.15, 0.2) is 11.5 Å². The highest BCUT2D eigenvalue weighted by Crippen LogP contribution is 2.36. The molecule has 0 aromatic heterocycles. The number of carbonyl (C=O) groups is 3. The Labute approximate surface area is 184 Å². The van der Waals surface area contributed by atoms with Crippen molar-refractivity contribution in [2.24, 2.45) is 0 Å². The number of barbiturate groups is 1. The number of nitrogens with zero attached hydrogens (tertiary/aromatic N) is 2. The van der Waals surface area contributed by atoms with E-state index < -0.39 is 17.8 Å². The van der Waals surface area contributed by atoms with Crippen molar-refractivity contribution >= 4 is 35.3 Å². The van der Waals surface area contributed by atoms with E-state index in [0.29, 0.717) is 24.7 Å². The molecular formula is C23H21N3O6. The van der Waals surface area contributed by atoms with E-state index >= 15 is 0 Å². The number of aryl methyl sites for hydroxylation is 1. The standard InChI is InChI=1S/C23H21N3O6/c1-14-10-16(25-6-8-30-9-7-25)3-2-15(14)11-18-21(27)24-23(29)26(22(18)28)17-4-5-19-20(12-17)32-13-31-19/h2-5,10-12H,6-9,13H2,1H3,(H,24,27,29). The predicted octanol–water partition coefficient (Wildman–Crippen LogP) is 2.23. The number of urea groups is 1. The Balaban J connectivity index is 1.45. The van der Waals surface area contributed by atoms with Gasteiger partial charge in [-0.2, -0.15) is 0 Å². The van der Waals surface area contributed by atoms with Crippen molar-refractivity contribution in [2.75, 3.05) is 42.9 Å². The zero-order valence-electron chi connectivity index (χ0n) is 17.4. The van der Waals surface area contributed by atoms with Gasteiger partial charge in [-0.15, -0.1) is 0 Å². The maximum atomic E-state index is 13.2. The third-order valence-corrected chi connectivity index (χ3v) is 5.65. The van der Waals surface area contributed by atoms with Gasteiger partial charge in [0, 0.05) is 24.8 Å². The number of rotatable bonds is 3. The van der Waals surface area contributed by atoms with Crippen LogP contribution >= 0.6 is 0 Å². The first-order chi connectivity index (χ1) is 15.5. The van der Waals surface area contributed by atoms with Crippen molar-refractivity contribution in [3.8, 4) is 11.5 Å². The number of morpholine rings is 1. The number of imide groups is 2. The van der Waals surface area contributed by atoms with E-state index in [0.717, 1.165) is 34.8 Å². The summed E-state index contributed by atoms with van der Waals surface area (Å²) >= 11 is 0. The van der Waals surface area contributed by atoms with E-state index in [2.05, 4.69) is 10.2 Å². The number of hydrogen-bond donors (Lipinski definition) is 1. The van der Waals surface area contributed by atoms with Crippen molar-refractivity contribution in [3.05, 3.63) is 53.1 Å². The summed E-state index contributed by atoms with van der Waals surface area (Å²) in [6, 6.07) is 9.76. The van der Waals surface area contributed by atoms with Gasteiger partial charge in [0.05, 0.1) is 18.9 Å². The maximum Gasteiger partial charge on any atom is 0.335 e. The van der Waals surface area contributed by atoms with Crippen molar-refractivity contribution in [3.63, 3.8) is 0 Å². The van der Waals surface area contributed by atoms with Gasteiger partial charge in [0.1, 0.15) is 5.57 Å². The molecular weight excluding hydrogens is 414 g/mol. The van der Waals surface area contributed by atoms with Crippen LogP contribution < -0.4 is 24.6 Å². The fourth-order valence-electron chi connectivity index (χ4n) is 3.91. The second kappa shape index (κ2) is 8.01. The van der Waals surface area contributed by atoms with Crippen LogP contribution in [0.2, 0.25) is 0 Å². The van der Waals surface area contributed by atoms with Crippen LogP contribution in [0.15, 0.2) is 42.0 Å². The van der Waals surface area contributed by atoms with E-state index in [1.165, 1.54) is 12.1 Å². The third kappa shape index (κ3) is 3.56. The minimum absolute atomic E-state index is 0.0717. The molecule has 0 atom stereocenters. The Morgan fingerprint density at radius 1 is 0.938 bits per heavy atom. The van der Waals surface area contributed by atoms with Crippen LogP contribution in [0.1, 0.15) is 11.1 Å². The molecule has 32 heavy (non-hydrogen) atoms. The van der Waals surface area contributed by atoms with Gasteiger partial charge in [-0.05, 0) is 48.4 Å². The molecule has 0 aliphatic carbocycles. The summed E-state index contributed by atoms with van der Waals surface area (Å²) in [4.78, 5) is 41.3. The first-order valence-electron chi connectivity index (χ1n) is 10.3. The summed E-state index contributed by atoms with van der Waals surface area (Å²) in [6.07, 6.45) is 1.52. The molecule has 2 aromatic carbocycles. The summed E-state index contributed by atoms with van der Waals surface area (Å²) in [7, 11) is 0. The summed E-state index contributed by atoms with van der Waals surface area (Å²) in [6.45, 7) is 4.98. The van der Waals surface area contributed by atoms with Crippen LogP contribution in [0.5, 0.6) is 11.5 Å². The fraction of sp³-hybridized carbons (Fsp3) is 0.261. The van der Waals surface area contributed by atoms with E-state index in [9.17, 15) is 14.4 Å². The predicted molar refractivity (Wildman–Crippen MR) is 116 cm³/mol. The Morgan fingerprint density at radius 2 is 1.69 bits per heavy atom. The van der Waals surface area contributed by atoms with Crippen LogP contribution in [0.3, 0.4) is 0 Å². The third-order valence-electron chi connectivity index (χ3n) is 5.65. The normalized spacial score (nSPS) is 19.5. The number of ether oxygens (including phenoxy) is 3. The van der Waals surface area contributed by atoms with Gasteiger partial charge < -0.3 is 19.1 Å². The monoisotopic (exact) mass is 435 g/mol. The molecule has 0 radical (unpaired) electrons. The van der Waals surface area contributed by atoms with E-state index in [1.54, 1.807) is 12.1 Å². The van der Waals surface area contributed by atoms with Crippen molar-refractivity contribution in [1.82, 2.24) is 5.32 Å². The topological polar surface area (TPSA) is 97.4 Å². The molecule has 2 saturated heterocycles. The first-order valence-corrected chi connectivity index (χ1v) is 10.3. The summed E-state index contributed by atoms with van der Waals surface area (Å²) in [5.41, 5.74) is 2.86. The number of fused-ring (bicyclic) bond motifs is 1. The molecule has 5 rings (SSSR count). The molecule has 3 heterocycles. The first kappa shape index (κ1) is 20.1. The highest BCUT2D eigenvalue weighted by molar-refractivity contribution is 6.39. The second-order valence-electron chi connectivity index (χ2n) is 7.64. The Kier molecular flexibility index (Phi) is 5.02. The zero-order chi connectivity index (χ0) is 22.2. The molecule has 0 saturated carbocycles. The Morgan fingerprint density at radius 3 is 2.47 bits per heavy atom. The smallest absolute Gasteiger partial charge is 0.335 e. The van der Waals surface area contributed by atoms with Crippen LogP contribution in [-0.2, 0) is 14.3 Å². The zero-order valence-corrected chi connectivity index (χ0v) is 17.4. The summed E-state index contributed by atoms with van der Waals surface area (Å²) < 4.78 is 16.0. The maximum absolute atomic E-state index is 13.2. The quantitative estimate of drug-likeness (QED) is 0.583. The number of amides is 4. The van der Waals surface area contributed by atoms with E-state index in [1.807, 2.05) is 25.1 Å². The average Bonchev–Trinajstić information content (AvgIpc) is 3.26. The molecule has 0 unspecified atom stereocenters. The van der Waals surface area contributed by atoms with Crippen LogP contribution in [-0.4, -0.2) is 50.9 Å². The lowest BCUT2D eigenvalue weighted by Gasteiger charge is -2.29. The average molecular weight is 435 g/mol. The molecule has 1 N–H and O–H groups in total. The minimum atomic E-state index is -0.810. The van der Waals surface area contributed by atoms with Crippen molar-refractivity contribution in [2.45, 2.75) is 6.92 Å². The van der Waals surface area contributed by atoms with E-state index in [-0.39, 0.29) is 18.1 Å². The van der Waals surface area contributed by atoms with Gasteiger partial charge in [-0.25, -0.2) is 9.69 Å². The van der Waals surface area contributed by atoms with Crippen molar-refractivity contribution in [1.29, 1.82) is 0 Å². The highest BCUT2D eigenvalue weighted by atomic mass is 16.7. The molecule has 3 aliphatic rings. The summed E-state index contributed by atoms with van der Waals surface area (Å²) in [5.74, 6) is -0.468. The lowest BCUT2D eigenvalue weighted by Crippen LogP contribution is -2.54. The molecule has 164 valence electrons. The molecule has 2 fully saturated rings. The number of carbonyl (C=O) groups excluding carboxylic acids is 3. The van der Waals surface area contributed by atoms with Gasteiger partial charge in [-0.1, -0.05) is 6.07 Å². The van der Waals surface area contributed by atoms with Gasteiger partial charge in [-0.3, -0.25) is 14.9 Å². The molecule has 9 heteroatoms.